The Morgan fingerprint density at radius 1 is 1.80 bits per heavy atom. The lowest BCUT2D eigenvalue weighted by Crippen LogP contribution is -1.84. The van der Waals surface area contributed by atoms with E-state index in [9.17, 15) is 0 Å². The standard InChI is InChI=1S/C9H11N/c1-4-7-8-9(5-2)10-6-3/h2,6-8H,3-4H2,1H3/b8-7-,10-9?. The number of aliphatic imine (C=N–C) groups is 1. The van der Waals surface area contributed by atoms with Crippen LogP contribution in [0.1, 0.15) is 13.3 Å². The largest absolute Gasteiger partial charge is 0.248 e. The van der Waals surface area contributed by atoms with Crippen molar-refractivity contribution in [1.82, 2.24) is 0 Å². The fraction of sp³-hybridized carbons (Fsp3) is 0.222. The van der Waals surface area contributed by atoms with E-state index in [1.54, 1.807) is 0 Å². The third-order valence-corrected chi connectivity index (χ3v) is 0.890. The summed E-state index contributed by atoms with van der Waals surface area (Å²) >= 11 is 0. The second-order valence-corrected chi connectivity index (χ2v) is 1.65. The topological polar surface area (TPSA) is 12.4 Å². The SMILES string of the molecule is C#CC(/C=C\CC)=NC=C. The van der Waals surface area contributed by atoms with Gasteiger partial charge in [0.25, 0.3) is 0 Å². The molecule has 0 atom stereocenters. The molecule has 10 heavy (non-hydrogen) atoms. The molecule has 0 aromatic carbocycles. The molecule has 0 spiro atoms. The predicted molar refractivity (Wildman–Crippen MR) is 45.9 cm³/mol. The first-order chi connectivity index (χ1) is 4.85. The van der Waals surface area contributed by atoms with Crippen LogP contribution in [-0.2, 0) is 0 Å². The van der Waals surface area contributed by atoms with Crippen LogP contribution in [0.3, 0.4) is 0 Å². The molecule has 1 heteroatoms. The summed E-state index contributed by atoms with van der Waals surface area (Å²) in [5, 5.41) is 0. The van der Waals surface area contributed by atoms with Crippen LogP contribution in [0.15, 0.2) is 29.9 Å². The Morgan fingerprint density at radius 2 is 2.50 bits per heavy atom. The summed E-state index contributed by atoms with van der Waals surface area (Å²) in [6.07, 6.45) is 11.3. The molecule has 0 aromatic rings. The fourth-order valence-corrected chi connectivity index (χ4v) is 0.456. The fourth-order valence-electron chi connectivity index (χ4n) is 0.456. The summed E-state index contributed by atoms with van der Waals surface area (Å²) in [4.78, 5) is 3.84. The molecule has 0 bridgehead atoms. The molecule has 0 amide bonds. The van der Waals surface area contributed by atoms with Crippen molar-refractivity contribution < 1.29 is 0 Å². The Balaban J connectivity index is 4.12. The molecule has 0 aromatic heterocycles. The summed E-state index contributed by atoms with van der Waals surface area (Å²) < 4.78 is 0. The summed E-state index contributed by atoms with van der Waals surface area (Å²) in [6, 6.07) is 0. The van der Waals surface area contributed by atoms with Gasteiger partial charge < -0.3 is 0 Å². The molecular formula is C9H11N. The van der Waals surface area contributed by atoms with E-state index in [1.165, 1.54) is 6.20 Å². The summed E-state index contributed by atoms with van der Waals surface area (Å²) in [6.45, 7) is 5.48. The minimum absolute atomic E-state index is 0.622. The molecule has 0 aliphatic rings. The molecule has 1 nitrogen and oxygen atoms in total. The van der Waals surface area contributed by atoms with E-state index in [0.29, 0.717) is 5.71 Å². The van der Waals surface area contributed by atoms with E-state index >= 15 is 0 Å². The lowest BCUT2D eigenvalue weighted by atomic mass is 10.3. The van der Waals surface area contributed by atoms with Crippen molar-refractivity contribution in [3.05, 3.63) is 24.9 Å². The Morgan fingerprint density at radius 3 is 2.90 bits per heavy atom. The first kappa shape index (κ1) is 8.71. The number of hydrogen-bond donors (Lipinski definition) is 0. The van der Waals surface area contributed by atoms with Gasteiger partial charge in [-0.25, -0.2) is 4.99 Å². The number of allylic oxidation sites excluding steroid dienone is 2. The monoisotopic (exact) mass is 133 g/mol. The zero-order valence-electron chi connectivity index (χ0n) is 6.17. The van der Waals surface area contributed by atoms with Gasteiger partial charge in [-0.15, -0.1) is 6.42 Å². The maximum atomic E-state index is 5.12. The van der Waals surface area contributed by atoms with Crippen LogP contribution in [0.5, 0.6) is 0 Å². The second kappa shape index (κ2) is 5.84. The molecule has 0 rings (SSSR count). The minimum atomic E-state index is 0.622. The lowest BCUT2D eigenvalue weighted by Gasteiger charge is -1.83. The van der Waals surface area contributed by atoms with Crippen molar-refractivity contribution >= 4 is 5.71 Å². The number of terminal acetylenes is 1. The molecule has 0 fully saturated rings. The van der Waals surface area contributed by atoms with Gasteiger partial charge in [0.2, 0.25) is 0 Å². The number of rotatable bonds is 3. The third-order valence-electron chi connectivity index (χ3n) is 0.890. The van der Waals surface area contributed by atoms with E-state index in [4.69, 9.17) is 6.42 Å². The normalized spacial score (nSPS) is 11.4. The molecule has 0 saturated carbocycles. The molecule has 0 aliphatic carbocycles. The van der Waals surface area contributed by atoms with Crippen LogP contribution in [0, 0.1) is 12.3 Å². The zero-order valence-corrected chi connectivity index (χ0v) is 6.17. The van der Waals surface area contributed by atoms with Crippen molar-refractivity contribution in [2.45, 2.75) is 13.3 Å². The van der Waals surface area contributed by atoms with Crippen molar-refractivity contribution in [2.75, 3.05) is 0 Å². The summed E-state index contributed by atoms with van der Waals surface area (Å²) in [5.41, 5.74) is 0.622. The summed E-state index contributed by atoms with van der Waals surface area (Å²) in [7, 11) is 0. The van der Waals surface area contributed by atoms with Crippen molar-refractivity contribution in [1.29, 1.82) is 0 Å². The van der Waals surface area contributed by atoms with E-state index in [-0.39, 0.29) is 0 Å². The van der Waals surface area contributed by atoms with Gasteiger partial charge in [0.05, 0.1) is 0 Å². The van der Waals surface area contributed by atoms with Gasteiger partial charge in [0.15, 0.2) is 0 Å². The Labute approximate surface area is 62.2 Å². The van der Waals surface area contributed by atoms with Gasteiger partial charge in [0, 0.05) is 6.20 Å². The first-order valence-corrected chi connectivity index (χ1v) is 3.17. The van der Waals surface area contributed by atoms with Crippen molar-refractivity contribution in [3.63, 3.8) is 0 Å². The van der Waals surface area contributed by atoms with Crippen LogP contribution < -0.4 is 0 Å². The highest BCUT2D eigenvalue weighted by atomic mass is 14.7. The average Bonchev–Trinajstić information content (AvgIpc) is 1.98. The van der Waals surface area contributed by atoms with Crippen LogP contribution in [0.4, 0.5) is 0 Å². The van der Waals surface area contributed by atoms with Gasteiger partial charge in [-0.2, -0.15) is 0 Å². The molecule has 0 unspecified atom stereocenters. The zero-order chi connectivity index (χ0) is 7.82. The Hall–Kier alpha value is -1.29. The van der Waals surface area contributed by atoms with Crippen LogP contribution >= 0.6 is 0 Å². The molecule has 0 N–H and O–H groups in total. The van der Waals surface area contributed by atoms with Gasteiger partial charge in [-0.1, -0.05) is 25.5 Å². The number of nitrogens with zero attached hydrogens (tertiary/aromatic N) is 1. The molecule has 52 valence electrons. The van der Waals surface area contributed by atoms with E-state index in [0.717, 1.165) is 6.42 Å². The van der Waals surface area contributed by atoms with Crippen LogP contribution in [-0.4, -0.2) is 5.71 Å². The quantitative estimate of drug-likeness (QED) is 0.413. The van der Waals surface area contributed by atoms with E-state index in [1.807, 2.05) is 19.1 Å². The Kier molecular flexibility index (Phi) is 5.09. The lowest BCUT2D eigenvalue weighted by molar-refractivity contribution is 1.23. The molecular weight excluding hydrogens is 122 g/mol. The highest BCUT2D eigenvalue weighted by Gasteiger charge is 1.80. The van der Waals surface area contributed by atoms with Gasteiger partial charge in [-0.05, 0) is 12.5 Å². The van der Waals surface area contributed by atoms with E-state index in [2.05, 4.69) is 17.5 Å². The van der Waals surface area contributed by atoms with Crippen molar-refractivity contribution in [3.8, 4) is 12.3 Å². The maximum absolute atomic E-state index is 5.12. The highest BCUT2D eigenvalue weighted by molar-refractivity contribution is 6.08. The predicted octanol–water partition coefficient (Wildman–Crippen LogP) is 2.17. The van der Waals surface area contributed by atoms with E-state index < -0.39 is 0 Å². The number of hydrogen-bond acceptors (Lipinski definition) is 1. The second-order valence-electron chi connectivity index (χ2n) is 1.65. The van der Waals surface area contributed by atoms with Gasteiger partial charge >= 0.3 is 0 Å². The minimum Gasteiger partial charge on any atom is -0.248 e. The average molecular weight is 133 g/mol. The molecule has 0 heterocycles. The van der Waals surface area contributed by atoms with Gasteiger partial charge in [-0.3, -0.25) is 0 Å². The van der Waals surface area contributed by atoms with Crippen LogP contribution in [0.25, 0.3) is 0 Å². The van der Waals surface area contributed by atoms with Crippen LogP contribution in [0.2, 0.25) is 0 Å². The molecule has 0 saturated heterocycles. The maximum Gasteiger partial charge on any atom is 0.112 e. The third kappa shape index (κ3) is 3.68. The molecule has 0 radical (unpaired) electrons. The summed E-state index contributed by atoms with van der Waals surface area (Å²) in [5.74, 6) is 2.43. The smallest absolute Gasteiger partial charge is 0.112 e. The van der Waals surface area contributed by atoms with Crippen molar-refractivity contribution in [2.24, 2.45) is 4.99 Å². The van der Waals surface area contributed by atoms with Gasteiger partial charge in [0.1, 0.15) is 5.71 Å². The first-order valence-electron chi connectivity index (χ1n) is 3.17. The highest BCUT2D eigenvalue weighted by Crippen LogP contribution is 1.84. The Bertz CT molecular complexity index is 191. The molecule has 0 aliphatic heterocycles.